The summed E-state index contributed by atoms with van der Waals surface area (Å²) < 4.78 is 5.33. The first-order valence-electron chi connectivity index (χ1n) is 10.1. The van der Waals surface area contributed by atoms with Crippen LogP contribution in [0.5, 0.6) is 0 Å². The molecule has 0 saturated carbocycles. The fraction of sp³-hybridized carbons (Fsp3) is 0.545. The van der Waals surface area contributed by atoms with Gasteiger partial charge in [-0.05, 0) is 45.1 Å². The van der Waals surface area contributed by atoms with Crippen molar-refractivity contribution in [2.24, 2.45) is 0 Å². The molecule has 0 radical (unpaired) electrons. The number of likely N-dealkylation sites (tertiary alicyclic amines) is 2. The number of benzene rings is 1. The van der Waals surface area contributed by atoms with Gasteiger partial charge in [0, 0.05) is 43.7 Å². The molecule has 4 rings (SSSR count). The summed E-state index contributed by atoms with van der Waals surface area (Å²) in [7, 11) is 0. The van der Waals surface area contributed by atoms with Gasteiger partial charge < -0.3 is 9.42 Å². The summed E-state index contributed by atoms with van der Waals surface area (Å²) in [4.78, 5) is 17.5. The van der Waals surface area contributed by atoms with Gasteiger partial charge in [0.05, 0.1) is 5.69 Å². The standard InChI is InChI=1S/C22H29N3O2/c1-17-20(18(2)27-23-17)15-25-14-12-22(25)11-6-13-24(16-22)21(26)10-9-19-7-4-3-5-8-19/h3-5,7-8H,6,9-16H2,1-2H3/t22-/m1/s1. The Morgan fingerprint density at radius 1 is 1.19 bits per heavy atom. The number of rotatable bonds is 5. The molecule has 1 atom stereocenters. The fourth-order valence-corrected chi connectivity index (χ4v) is 4.59. The average Bonchev–Trinajstić information content (AvgIpc) is 3.02. The van der Waals surface area contributed by atoms with E-state index in [9.17, 15) is 4.79 Å². The molecule has 144 valence electrons. The average molecular weight is 367 g/mol. The second-order valence-corrected chi connectivity index (χ2v) is 8.10. The third kappa shape index (κ3) is 3.65. The second kappa shape index (κ2) is 7.47. The van der Waals surface area contributed by atoms with Crippen molar-refractivity contribution in [1.29, 1.82) is 0 Å². The summed E-state index contributed by atoms with van der Waals surface area (Å²) in [5.74, 6) is 1.21. The summed E-state index contributed by atoms with van der Waals surface area (Å²) in [6.07, 6.45) is 4.88. The molecule has 5 heteroatoms. The number of amides is 1. The Kier molecular flexibility index (Phi) is 5.04. The van der Waals surface area contributed by atoms with E-state index in [0.717, 1.165) is 50.5 Å². The molecule has 1 aromatic carbocycles. The SMILES string of the molecule is Cc1noc(C)c1CN1CC[C@@]12CCCN(C(=O)CCc1ccccc1)C2. The highest BCUT2D eigenvalue weighted by atomic mass is 16.5. The number of aryl methyl sites for hydroxylation is 3. The van der Waals surface area contributed by atoms with E-state index in [4.69, 9.17) is 4.52 Å². The molecular formula is C22H29N3O2. The number of piperidine rings is 1. The van der Waals surface area contributed by atoms with Crippen LogP contribution in [0, 0.1) is 13.8 Å². The lowest BCUT2D eigenvalue weighted by Gasteiger charge is -2.57. The minimum absolute atomic E-state index is 0.150. The van der Waals surface area contributed by atoms with Crippen LogP contribution in [0.15, 0.2) is 34.9 Å². The number of hydrogen-bond donors (Lipinski definition) is 0. The van der Waals surface area contributed by atoms with Gasteiger partial charge >= 0.3 is 0 Å². The molecule has 2 aromatic rings. The maximum Gasteiger partial charge on any atom is 0.222 e. The first-order valence-corrected chi connectivity index (χ1v) is 10.1. The minimum Gasteiger partial charge on any atom is -0.361 e. The van der Waals surface area contributed by atoms with E-state index >= 15 is 0 Å². The van der Waals surface area contributed by atoms with Gasteiger partial charge in [-0.3, -0.25) is 9.69 Å². The van der Waals surface area contributed by atoms with Crippen LogP contribution >= 0.6 is 0 Å². The number of carbonyl (C=O) groups excluding carboxylic acids is 1. The van der Waals surface area contributed by atoms with Gasteiger partial charge in [-0.25, -0.2) is 0 Å². The summed E-state index contributed by atoms with van der Waals surface area (Å²) >= 11 is 0. The predicted molar refractivity (Wildman–Crippen MR) is 104 cm³/mol. The van der Waals surface area contributed by atoms with Gasteiger partial charge in [0.2, 0.25) is 5.91 Å². The van der Waals surface area contributed by atoms with Crippen LogP contribution in [0.2, 0.25) is 0 Å². The first kappa shape index (κ1) is 18.2. The van der Waals surface area contributed by atoms with Gasteiger partial charge in [0.15, 0.2) is 0 Å². The lowest BCUT2D eigenvalue weighted by molar-refractivity contribution is -0.140. The van der Waals surface area contributed by atoms with Crippen molar-refractivity contribution in [3.63, 3.8) is 0 Å². The third-order valence-corrected chi connectivity index (χ3v) is 6.43. The molecule has 2 fully saturated rings. The van der Waals surface area contributed by atoms with Crippen molar-refractivity contribution >= 4 is 5.91 Å². The summed E-state index contributed by atoms with van der Waals surface area (Å²) in [5.41, 5.74) is 3.58. The predicted octanol–water partition coefficient (Wildman–Crippen LogP) is 3.49. The molecule has 1 aromatic heterocycles. The van der Waals surface area contributed by atoms with Crippen molar-refractivity contribution in [2.45, 2.75) is 58.0 Å². The number of aromatic nitrogens is 1. The minimum atomic E-state index is 0.150. The van der Waals surface area contributed by atoms with E-state index in [1.54, 1.807) is 0 Å². The monoisotopic (exact) mass is 367 g/mol. The Bertz CT molecular complexity index is 782. The Balaban J connectivity index is 1.38. The molecular weight excluding hydrogens is 338 g/mol. The normalized spacial score (nSPS) is 22.8. The Morgan fingerprint density at radius 2 is 2.00 bits per heavy atom. The third-order valence-electron chi connectivity index (χ3n) is 6.43. The van der Waals surface area contributed by atoms with E-state index < -0.39 is 0 Å². The highest BCUT2D eigenvalue weighted by molar-refractivity contribution is 5.76. The van der Waals surface area contributed by atoms with Crippen LogP contribution in [0.3, 0.4) is 0 Å². The van der Waals surface area contributed by atoms with Crippen LogP contribution in [0.25, 0.3) is 0 Å². The van der Waals surface area contributed by atoms with Gasteiger partial charge in [0.25, 0.3) is 0 Å². The van der Waals surface area contributed by atoms with Crippen LogP contribution in [0.1, 0.15) is 48.3 Å². The molecule has 3 heterocycles. The van der Waals surface area contributed by atoms with E-state index in [0.29, 0.717) is 12.3 Å². The second-order valence-electron chi connectivity index (χ2n) is 8.10. The maximum absolute atomic E-state index is 12.8. The van der Waals surface area contributed by atoms with E-state index in [1.807, 2.05) is 32.0 Å². The van der Waals surface area contributed by atoms with Gasteiger partial charge in [-0.15, -0.1) is 0 Å². The van der Waals surface area contributed by atoms with E-state index in [1.165, 1.54) is 24.0 Å². The molecule has 2 aliphatic rings. The van der Waals surface area contributed by atoms with Crippen LogP contribution in [-0.2, 0) is 17.8 Å². The van der Waals surface area contributed by atoms with Gasteiger partial charge in [0.1, 0.15) is 5.76 Å². The zero-order valence-corrected chi connectivity index (χ0v) is 16.4. The smallest absolute Gasteiger partial charge is 0.222 e. The van der Waals surface area contributed by atoms with Crippen molar-refractivity contribution in [1.82, 2.24) is 15.0 Å². The van der Waals surface area contributed by atoms with Crippen molar-refractivity contribution in [3.8, 4) is 0 Å². The molecule has 0 bridgehead atoms. The zero-order valence-electron chi connectivity index (χ0n) is 16.4. The molecule has 0 aliphatic carbocycles. The van der Waals surface area contributed by atoms with Crippen LogP contribution < -0.4 is 0 Å². The largest absolute Gasteiger partial charge is 0.361 e. The molecule has 5 nitrogen and oxygen atoms in total. The van der Waals surface area contributed by atoms with E-state index in [-0.39, 0.29) is 5.54 Å². The Morgan fingerprint density at radius 3 is 2.67 bits per heavy atom. The maximum atomic E-state index is 12.8. The summed E-state index contributed by atoms with van der Waals surface area (Å²) in [5, 5.41) is 4.09. The van der Waals surface area contributed by atoms with Gasteiger partial charge in [-0.1, -0.05) is 35.5 Å². The Labute approximate surface area is 161 Å². The van der Waals surface area contributed by atoms with Crippen molar-refractivity contribution in [2.75, 3.05) is 19.6 Å². The number of hydrogen-bond acceptors (Lipinski definition) is 4. The van der Waals surface area contributed by atoms with E-state index in [2.05, 4.69) is 27.1 Å². The zero-order chi connectivity index (χ0) is 18.9. The lowest BCUT2D eigenvalue weighted by Crippen LogP contribution is -2.67. The Hall–Kier alpha value is -2.14. The number of carbonyl (C=O) groups is 1. The van der Waals surface area contributed by atoms with Crippen molar-refractivity contribution < 1.29 is 9.32 Å². The van der Waals surface area contributed by atoms with Crippen LogP contribution in [0.4, 0.5) is 0 Å². The molecule has 27 heavy (non-hydrogen) atoms. The first-order chi connectivity index (χ1) is 13.1. The fourth-order valence-electron chi connectivity index (χ4n) is 4.59. The summed E-state index contributed by atoms with van der Waals surface area (Å²) in [6, 6.07) is 10.3. The quantitative estimate of drug-likeness (QED) is 0.812. The molecule has 1 spiro atoms. The highest BCUT2D eigenvalue weighted by Gasteiger charge is 2.48. The summed E-state index contributed by atoms with van der Waals surface area (Å²) in [6.45, 7) is 7.74. The lowest BCUT2D eigenvalue weighted by atomic mass is 9.77. The molecule has 0 unspecified atom stereocenters. The molecule has 2 saturated heterocycles. The highest BCUT2D eigenvalue weighted by Crippen LogP contribution is 2.40. The number of nitrogens with zero attached hydrogens (tertiary/aromatic N) is 3. The topological polar surface area (TPSA) is 49.6 Å². The van der Waals surface area contributed by atoms with Crippen LogP contribution in [-0.4, -0.2) is 46.0 Å². The molecule has 1 amide bonds. The molecule has 0 N–H and O–H groups in total. The molecule has 2 aliphatic heterocycles. The van der Waals surface area contributed by atoms with Gasteiger partial charge in [-0.2, -0.15) is 0 Å². The van der Waals surface area contributed by atoms with Crippen molar-refractivity contribution in [3.05, 3.63) is 52.9 Å².